The van der Waals surface area contributed by atoms with Gasteiger partial charge in [0, 0.05) is 31.9 Å². The van der Waals surface area contributed by atoms with E-state index in [9.17, 15) is 22.8 Å². The maximum atomic E-state index is 13.4. The SMILES string of the molecule is CC(=O)N[C@H](CC(=O)N[C@@H](c1ccn(C)c1)C(F)(F)F)c1ccc(C)cc1. The number of nitrogens with zero attached hydrogens (tertiary/aromatic N) is 1. The second-order valence-electron chi connectivity index (χ2n) is 6.52. The molecule has 2 rings (SSSR count). The maximum Gasteiger partial charge on any atom is 0.412 e. The van der Waals surface area contributed by atoms with Gasteiger partial charge in [0.15, 0.2) is 6.04 Å². The number of amides is 2. The molecule has 0 saturated carbocycles. The highest BCUT2D eigenvalue weighted by molar-refractivity contribution is 5.79. The third-order valence-electron chi connectivity index (χ3n) is 4.07. The van der Waals surface area contributed by atoms with Crippen LogP contribution in [0.2, 0.25) is 0 Å². The van der Waals surface area contributed by atoms with Crippen molar-refractivity contribution in [3.8, 4) is 0 Å². The Morgan fingerprint density at radius 2 is 1.70 bits per heavy atom. The van der Waals surface area contributed by atoms with Gasteiger partial charge in [0.2, 0.25) is 11.8 Å². The normalized spacial score (nSPS) is 13.7. The van der Waals surface area contributed by atoms with Gasteiger partial charge in [-0.2, -0.15) is 13.2 Å². The van der Waals surface area contributed by atoms with Crippen molar-refractivity contribution in [3.05, 3.63) is 59.4 Å². The first kappa shape index (κ1) is 20.5. The quantitative estimate of drug-likeness (QED) is 0.806. The Morgan fingerprint density at radius 1 is 1.07 bits per heavy atom. The van der Waals surface area contributed by atoms with Crippen molar-refractivity contribution >= 4 is 11.8 Å². The zero-order valence-corrected chi connectivity index (χ0v) is 15.3. The van der Waals surface area contributed by atoms with Crippen molar-refractivity contribution in [2.24, 2.45) is 7.05 Å². The Bertz CT molecular complexity index is 797. The van der Waals surface area contributed by atoms with Gasteiger partial charge in [-0.25, -0.2) is 0 Å². The lowest BCUT2D eigenvalue weighted by Gasteiger charge is -2.23. The van der Waals surface area contributed by atoms with E-state index in [0.29, 0.717) is 5.56 Å². The largest absolute Gasteiger partial charge is 0.412 e. The van der Waals surface area contributed by atoms with Crippen LogP contribution in [0.15, 0.2) is 42.7 Å². The number of hydrogen-bond acceptors (Lipinski definition) is 2. The third-order valence-corrected chi connectivity index (χ3v) is 4.07. The Balaban J connectivity index is 2.17. The number of carbonyl (C=O) groups is 2. The van der Waals surface area contributed by atoms with Gasteiger partial charge in [-0.1, -0.05) is 29.8 Å². The molecular weight excluding hydrogens is 359 g/mol. The van der Waals surface area contributed by atoms with E-state index in [4.69, 9.17) is 0 Å². The van der Waals surface area contributed by atoms with E-state index in [2.05, 4.69) is 5.32 Å². The molecule has 2 N–H and O–H groups in total. The molecule has 27 heavy (non-hydrogen) atoms. The van der Waals surface area contributed by atoms with Gasteiger partial charge in [-0.3, -0.25) is 9.59 Å². The molecule has 0 aliphatic rings. The minimum absolute atomic E-state index is 0.0511. The minimum atomic E-state index is -4.63. The van der Waals surface area contributed by atoms with Crippen molar-refractivity contribution in [1.82, 2.24) is 15.2 Å². The second kappa shape index (κ2) is 8.28. The van der Waals surface area contributed by atoms with E-state index < -0.39 is 24.2 Å². The molecule has 0 radical (unpaired) electrons. The number of aromatic nitrogens is 1. The van der Waals surface area contributed by atoms with Crippen molar-refractivity contribution in [2.45, 2.75) is 38.5 Å². The Kier molecular flexibility index (Phi) is 6.30. The highest BCUT2D eigenvalue weighted by Crippen LogP contribution is 2.33. The van der Waals surface area contributed by atoms with Crippen LogP contribution in [0, 0.1) is 6.92 Å². The molecule has 2 amide bonds. The zero-order chi connectivity index (χ0) is 20.2. The van der Waals surface area contributed by atoms with Crippen LogP contribution in [0.4, 0.5) is 13.2 Å². The Hall–Kier alpha value is -2.77. The summed E-state index contributed by atoms with van der Waals surface area (Å²) in [5.74, 6) is -1.18. The van der Waals surface area contributed by atoms with Crippen LogP contribution >= 0.6 is 0 Å². The average molecular weight is 381 g/mol. The summed E-state index contributed by atoms with van der Waals surface area (Å²) in [5, 5.41) is 4.66. The molecule has 5 nitrogen and oxygen atoms in total. The van der Waals surface area contributed by atoms with Crippen molar-refractivity contribution in [2.75, 3.05) is 0 Å². The van der Waals surface area contributed by atoms with Gasteiger partial charge in [0.1, 0.15) is 0 Å². The standard InChI is InChI=1S/C19H22F3N3O2/c1-12-4-6-14(7-5-12)16(23-13(2)26)10-17(27)24-18(19(20,21)22)15-8-9-25(3)11-15/h4-9,11,16,18H,10H2,1-3H3,(H,23,26)(H,24,27)/t16-,18+/m1/s1. The molecule has 0 saturated heterocycles. The second-order valence-corrected chi connectivity index (χ2v) is 6.52. The highest BCUT2D eigenvalue weighted by atomic mass is 19.4. The lowest BCUT2D eigenvalue weighted by molar-refractivity contribution is -0.163. The number of benzene rings is 1. The predicted octanol–water partition coefficient (Wildman–Crippen LogP) is 3.32. The number of halogens is 3. The molecule has 1 heterocycles. The number of carbonyl (C=O) groups excluding carboxylic acids is 2. The molecule has 2 aromatic rings. The van der Waals surface area contributed by atoms with Crippen LogP contribution in [-0.4, -0.2) is 22.6 Å². The van der Waals surface area contributed by atoms with E-state index in [1.165, 1.54) is 30.0 Å². The predicted molar refractivity (Wildman–Crippen MR) is 94.7 cm³/mol. The summed E-state index contributed by atoms with van der Waals surface area (Å²) in [6.07, 6.45) is -2.15. The van der Waals surface area contributed by atoms with Crippen molar-refractivity contribution in [3.63, 3.8) is 0 Å². The molecule has 0 aliphatic heterocycles. The molecule has 1 aromatic heterocycles. The van der Waals surface area contributed by atoms with Gasteiger partial charge in [0.25, 0.3) is 0 Å². The summed E-state index contributed by atoms with van der Waals surface area (Å²) in [6, 6.07) is 5.58. The van der Waals surface area contributed by atoms with Crippen molar-refractivity contribution < 1.29 is 22.8 Å². The summed E-state index contributed by atoms with van der Waals surface area (Å²) in [5.41, 5.74) is 1.59. The van der Waals surface area contributed by atoms with Crippen LogP contribution in [0.25, 0.3) is 0 Å². The highest BCUT2D eigenvalue weighted by Gasteiger charge is 2.42. The van der Waals surface area contributed by atoms with E-state index in [1.807, 2.05) is 24.4 Å². The number of hydrogen-bond donors (Lipinski definition) is 2. The molecule has 0 unspecified atom stereocenters. The Labute approximate surface area is 155 Å². The Morgan fingerprint density at radius 3 is 2.19 bits per heavy atom. The van der Waals surface area contributed by atoms with Crippen LogP contribution in [0.1, 0.15) is 42.1 Å². The first-order chi connectivity index (χ1) is 12.6. The van der Waals surface area contributed by atoms with Crippen LogP contribution in [0.5, 0.6) is 0 Å². The fraction of sp³-hybridized carbons (Fsp3) is 0.368. The molecule has 146 valence electrons. The molecule has 2 atom stereocenters. The first-order valence-electron chi connectivity index (χ1n) is 8.38. The van der Waals surface area contributed by atoms with Gasteiger partial charge in [-0.05, 0) is 18.6 Å². The van der Waals surface area contributed by atoms with E-state index >= 15 is 0 Å². The number of aryl methyl sites for hydroxylation is 2. The first-order valence-corrected chi connectivity index (χ1v) is 8.38. The topological polar surface area (TPSA) is 63.1 Å². The number of alkyl halides is 3. The molecular formula is C19H22F3N3O2. The summed E-state index contributed by atoms with van der Waals surface area (Å²) < 4.78 is 41.7. The zero-order valence-electron chi connectivity index (χ0n) is 15.3. The molecule has 0 spiro atoms. The molecule has 8 heteroatoms. The van der Waals surface area contributed by atoms with Crippen molar-refractivity contribution in [1.29, 1.82) is 0 Å². The molecule has 0 fully saturated rings. The van der Waals surface area contributed by atoms with E-state index in [-0.39, 0.29) is 17.9 Å². The molecule has 0 bridgehead atoms. The monoisotopic (exact) mass is 381 g/mol. The van der Waals surface area contributed by atoms with E-state index in [1.54, 1.807) is 19.2 Å². The summed E-state index contributed by atoms with van der Waals surface area (Å²) in [4.78, 5) is 23.8. The lowest BCUT2D eigenvalue weighted by atomic mass is 10.0. The van der Waals surface area contributed by atoms with Crippen LogP contribution in [0.3, 0.4) is 0 Å². The van der Waals surface area contributed by atoms with E-state index in [0.717, 1.165) is 5.56 Å². The third kappa shape index (κ3) is 5.87. The average Bonchev–Trinajstić information content (AvgIpc) is 2.97. The van der Waals surface area contributed by atoms with Gasteiger partial charge in [0.05, 0.1) is 12.5 Å². The molecule has 0 aliphatic carbocycles. The fourth-order valence-electron chi connectivity index (χ4n) is 2.75. The lowest BCUT2D eigenvalue weighted by Crippen LogP contribution is -2.40. The number of nitrogens with one attached hydrogen (secondary N) is 2. The fourth-order valence-corrected chi connectivity index (χ4v) is 2.75. The summed E-state index contributed by atoms with van der Waals surface area (Å²) >= 11 is 0. The smallest absolute Gasteiger partial charge is 0.357 e. The minimum Gasteiger partial charge on any atom is -0.357 e. The van der Waals surface area contributed by atoms with Gasteiger partial charge >= 0.3 is 6.18 Å². The maximum absolute atomic E-state index is 13.4. The van der Waals surface area contributed by atoms with Gasteiger partial charge in [-0.15, -0.1) is 0 Å². The van der Waals surface area contributed by atoms with Gasteiger partial charge < -0.3 is 15.2 Å². The molecule has 1 aromatic carbocycles. The summed E-state index contributed by atoms with van der Waals surface area (Å²) in [6.45, 7) is 3.18. The number of rotatable bonds is 6. The van der Waals surface area contributed by atoms with Crippen LogP contribution < -0.4 is 10.6 Å². The van der Waals surface area contributed by atoms with Crippen LogP contribution in [-0.2, 0) is 16.6 Å². The summed E-state index contributed by atoms with van der Waals surface area (Å²) in [7, 11) is 1.60.